The molecular weight excluding hydrogens is 400 g/mol. The van der Waals surface area contributed by atoms with Crippen molar-refractivity contribution in [3.8, 4) is 5.75 Å². The minimum Gasteiger partial charge on any atom is -0.491 e. The summed E-state index contributed by atoms with van der Waals surface area (Å²) < 4.78 is 38.7. The predicted octanol–water partition coefficient (Wildman–Crippen LogP) is 1.27. The highest BCUT2D eigenvalue weighted by atomic mass is 19.2. The summed E-state index contributed by atoms with van der Waals surface area (Å²) in [6.45, 7) is 2.35. The number of halogens is 2. The summed E-state index contributed by atoms with van der Waals surface area (Å²) in [5.41, 5.74) is -0.573. The van der Waals surface area contributed by atoms with Gasteiger partial charge in [-0.25, -0.2) is 8.78 Å². The van der Waals surface area contributed by atoms with E-state index in [4.69, 9.17) is 9.47 Å². The normalized spacial score (nSPS) is 20.0. The van der Waals surface area contributed by atoms with Gasteiger partial charge < -0.3 is 24.3 Å². The first-order valence-electron chi connectivity index (χ1n) is 9.29. The fourth-order valence-electron chi connectivity index (χ4n) is 3.74. The van der Waals surface area contributed by atoms with E-state index in [-0.39, 0.29) is 36.1 Å². The molecule has 3 heterocycles. The fraction of sp³-hybridized carbons (Fsp3) is 0.350. The van der Waals surface area contributed by atoms with Crippen LogP contribution in [-0.4, -0.2) is 47.3 Å². The molecule has 0 unspecified atom stereocenters. The molecule has 30 heavy (non-hydrogen) atoms. The van der Waals surface area contributed by atoms with Crippen LogP contribution in [-0.2, 0) is 17.8 Å². The van der Waals surface area contributed by atoms with Crippen LogP contribution in [0.4, 0.5) is 8.78 Å². The Labute approximate surface area is 170 Å². The highest BCUT2D eigenvalue weighted by Gasteiger charge is 2.43. The quantitative estimate of drug-likeness (QED) is 0.806. The van der Waals surface area contributed by atoms with Crippen LogP contribution in [0.5, 0.6) is 5.75 Å². The molecule has 1 aromatic carbocycles. The first-order chi connectivity index (χ1) is 14.3. The molecular formula is C20H19F2N3O5. The second kappa shape index (κ2) is 7.52. The van der Waals surface area contributed by atoms with Crippen molar-refractivity contribution in [3.63, 3.8) is 0 Å². The van der Waals surface area contributed by atoms with E-state index in [1.54, 1.807) is 4.90 Å². The van der Waals surface area contributed by atoms with Gasteiger partial charge in [0.05, 0.1) is 26.3 Å². The number of nitrogens with zero attached hydrogens (tertiary/aromatic N) is 2. The van der Waals surface area contributed by atoms with Crippen LogP contribution < -0.4 is 15.5 Å². The Kier molecular flexibility index (Phi) is 5.02. The van der Waals surface area contributed by atoms with Crippen LogP contribution >= 0.6 is 0 Å². The summed E-state index contributed by atoms with van der Waals surface area (Å²) in [5, 5.41) is 2.50. The van der Waals surface area contributed by atoms with Gasteiger partial charge in [0.2, 0.25) is 5.43 Å². The van der Waals surface area contributed by atoms with Crippen LogP contribution in [0.15, 0.2) is 29.2 Å². The Hall–Kier alpha value is -3.27. The second-order valence-corrected chi connectivity index (χ2v) is 7.19. The lowest BCUT2D eigenvalue weighted by atomic mass is 10.1. The summed E-state index contributed by atoms with van der Waals surface area (Å²) in [5.74, 6) is -3.39. The molecule has 158 valence electrons. The predicted molar refractivity (Wildman–Crippen MR) is 100 cm³/mol. The van der Waals surface area contributed by atoms with Gasteiger partial charge in [-0.3, -0.25) is 14.4 Å². The number of hydrogen-bond donors (Lipinski definition) is 1. The first kappa shape index (κ1) is 20.0. The van der Waals surface area contributed by atoms with E-state index in [0.29, 0.717) is 12.2 Å². The van der Waals surface area contributed by atoms with Crippen molar-refractivity contribution in [1.29, 1.82) is 0 Å². The van der Waals surface area contributed by atoms with Crippen LogP contribution in [0.2, 0.25) is 0 Å². The van der Waals surface area contributed by atoms with Crippen molar-refractivity contribution in [2.75, 3.05) is 13.7 Å². The van der Waals surface area contributed by atoms with Gasteiger partial charge in [-0.2, -0.15) is 0 Å². The number of pyridine rings is 1. The monoisotopic (exact) mass is 419 g/mol. The van der Waals surface area contributed by atoms with Crippen LogP contribution in [0.3, 0.4) is 0 Å². The van der Waals surface area contributed by atoms with Crippen molar-refractivity contribution < 1.29 is 27.8 Å². The van der Waals surface area contributed by atoms with E-state index in [1.165, 1.54) is 23.9 Å². The molecule has 2 aliphatic heterocycles. The highest BCUT2D eigenvalue weighted by Crippen LogP contribution is 2.29. The van der Waals surface area contributed by atoms with Crippen molar-refractivity contribution in [3.05, 3.63) is 63.1 Å². The number of ether oxygens (including phenoxy) is 2. The number of fused-ring (bicyclic) bond motifs is 2. The molecule has 2 atom stereocenters. The van der Waals surface area contributed by atoms with Gasteiger partial charge in [0.25, 0.3) is 11.8 Å². The van der Waals surface area contributed by atoms with Gasteiger partial charge >= 0.3 is 0 Å². The van der Waals surface area contributed by atoms with Gasteiger partial charge in [0, 0.05) is 12.7 Å². The van der Waals surface area contributed by atoms with Crippen molar-refractivity contribution in [2.45, 2.75) is 32.3 Å². The summed E-state index contributed by atoms with van der Waals surface area (Å²) in [7, 11) is 1.25. The molecule has 4 rings (SSSR count). The molecule has 0 bridgehead atoms. The van der Waals surface area contributed by atoms with E-state index in [0.717, 1.165) is 12.1 Å². The number of nitrogens with one attached hydrogen (secondary N) is 1. The Balaban J connectivity index is 1.65. The average molecular weight is 419 g/mol. The fourth-order valence-corrected chi connectivity index (χ4v) is 3.74. The number of hydrogen-bond acceptors (Lipinski definition) is 5. The van der Waals surface area contributed by atoms with Crippen LogP contribution in [0.1, 0.15) is 33.3 Å². The topological polar surface area (TPSA) is 89.9 Å². The van der Waals surface area contributed by atoms with Crippen LogP contribution in [0, 0.1) is 11.6 Å². The number of methoxy groups -OCH3 is 1. The van der Waals surface area contributed by atoms with Gasteiger partial charge in [0.1, 0.15) is 5.56 Å². The molecule has 1 saturated heterocycles. The standard InChI is InChI=1S/C20H19F2N3O5/c1-10-9-30-15-8-24-7-12(17(26)18(29-2)16(24)20(28)25(10)15)19(27)23-6-11-3-4-13(21)14(22)5-11/h3-5,7,10,15H,6,8-9H2,1-2H3,(H,23,27)/t10-,15+/m0/s1. The van der Waals surface area contributed by atoms with Crippen molar-refractivity contribution in [1.82, 2.24) is 14.8 Å². The van der Waals surface area contributed by atoms with Crippen molar-refractivity contribution in [2.24, 2.45) is 0 Å². The zero-order valence-electron chi connectivity index (χ0n) is 16.3. The van der Waals surface area contributed by atoms with Crippen molar-refractivity contribution >= 4 is 11.8 Å². The summed E-state index contributed by atoms with van der Waals surface area (Å²) in [4.78, 5) is 40.0. The third kappa shape index (κ3) is 3.22. The van der Waals surface area contributed by atoms with Crippen LogP contribution in [0.25, 0.3) is 0 Å². The minimum atomic E-state index is -1.04. The first-order valence-corrected chi connectivity index (χ1v) is 9.29. The van der Waals surface area contributed by atoms with E-state index < -0.39 is 35.1 Å². The largest absolute Gasteiger partial charge is 0.491 e. The van der Waals surface area contributed by atoms with E-state index in [9.17, 15) is 23.2 Å². The maximum atomic E-state index is 13.3. The second-order valence-electron chi connectivity index (χ2n) is 7.19. The molecule has 1 N–H and O–H groups in total. The van der Waals surface area contributed by atoms with Gasteiger partial charge in [-0.05, 0) is 24.6 Å². The molecule has 0 aliphatic carbocycles. The third-order valence-electron chi connectivity index (χ3n) is 5.23. The molecule has 10 heteroatoms. The van der Waals surface area contributed by atoms with E-state index >= 15 is 0 Å². The third-order valence-corrected chi connectivity index (χ3v) is 5.23. The molecule has 0 spiro atoms. The van der Waals surface area contributed by atoms with Gasteiger partial charge in [-0.15, -0.1) is 0 Å². The number of amides is 2. The lowest BCUT2D eigenvalue weighted by Gasteiger charge is -2.34. The smallest absolute Gasteiger partial charge is 0.276 e. The number of rotatable bonds is 4. The van der Waals surface area contributed by atoms with E-state index in [1.807, 2.05) is 6.92 Å². The summed E-state index contributed by atoms with van der Waals surface area (Å²) in [6, 6.07) is 3.09. The zero-order valence-corrected chi connectivity index (χ0v) is 16.3. The molecule has 0 saturated carbocycles. The Morgan fingerprint density at radius 2 is 2.07 bits per heavy atom. The molecule has 2 aliphatic rings. The maximum Gasteiger partial charge on any atom is 0.276 e. The molecule has 1 aromatic heterocycles. The highest BCUT2D eigenvalue weighted by molar-refractivity contribution is 5.99. The van der Waals surface area contributed by atoms with Gasteiger partial charge in [0.15, 0.2) is 29.3 Å². The maximum absolute atomic E-state index is 13.3. The molecule has 2 amide bonds. The summed E-state index contributed by atoms with van der Waals surface area (Å²) >= 11 is 0. The lowest BCUT2D eigenvalue weighted by molar-refractivity contribution is 0.00621. The molecule has 0 radical (unpaired) electrons. The van der Waals surface area contributed by atoms with E-state index in [2.05, 4.69) is 5.32 Å². The zero-order chi connectivity index (χ0) is 21.6. The minimum absolute atomic E-state index is 0.0632. The summed E-state index contributed by atoms with van der Waals surface area (Å²) in [6.07, 6.45) is 0.799. The number of benzene rings is 1. The Morgan fingerprint density at radius 1 is 1.30 bits per heavy atom. The molecule has 8 nitrogen and oxygen atoms in total. The number of carbonyl (C=O) groups is 2. The number of carbonyl (C=O) groups excluding carboxylic acids is 2. The average Bonchev–Trinajstić information content (AvgIpc) is 3.09. The molecule has 2 aromatic rings. The molecule has 1 fully saturated rings. The SMILES string of the molecule is COc1c2n(cc(C(=O)NCc3ccc(F)c(F)c3)c1=O)C[C@H]1OC[C@H](C)N1C2=O. The Morgan fingerprint density at radius 3 is 2.77 bits per heavy atom. The van der Waals surface area contributed by atoms with Gasteiger partial charge in [-0.1, -0.05) is 6.07 Å². The number of aromatic nitrogens is 1. The lowest BCUT2D eigenvalue weighted by Crippen LogP contribution is -2.49. The Bertz CT molecular complexity index is 1100.